The second-order valence-electron chi connectivity index (χ2n) is 6.47. The minimum absolute atomic E-state index is 0.0464. The molecule has 0 unspecified atom stereocenters. The van der Waals surface area contributed by atoms with Crippen molar-refractivity contribution in [3.05, 3.63) is 71.5 Å². The van der Waals surface area contributed by atoms with Crippen molar-refractivity contribution in [2.24, 2.45) is 0 Å². The summed E-state index contributed by atoms with van der Waals surface area (Å²) in [6.45, 7) is 4.12. The topological polar surface area (TPSA) is 86.1 Å². The summed E-state index contributed by atoms with van der Waals surface area (Å²) in [6, 6.07) is 17.3. The molecule has 0 aliphatic heterocycles. The Morgan fingerprint density at radius 3 is 2.48 bits per heavy atom. The van der Waals surface area contributed by atoms with Gasteiger partial charge in [0.1, 0.15) is 5.82 Å². The summed E-state index contributed by atoms with van der Waals surface area (Å²) in [4.78, 5) is 23.9. The van der Waals surface area contributed by atoms with Crippen LogP contribution in [-0.2, 0) is 20.9 Å². The van der Waals surface area contributed by atoms with Gasteiger partial charge in [0, 0.05) is 5.69 Å². The van der Waals surface area contributed by atoms with E-state index in [-0.39, 0.29) is 18.3 Å². The maximum atomic E-state index is 12.0. The van der Waals surface area contributed by atoms with Crippen LogP contribution >= 0.6 is 11.8 Å². The molecule has 0 aliphatic rings. The lowest BCUT2D eigenvalue weighted by molar-refractivity contribution is -0.144. The highest BCUT2D eigenvalue weighted by Crippen LogP contribution is 2.18. The number of hydrogen-bond donors (Lipinski definition) is 1. The first-order chi connectivity index (χ1) is 14.0. The first-order valence-corrected chi connectivity index (χ1v) is 10.1. The van der Waals surface area contributed by atoms with Gasteiger partial charge in [0.05, 0.1) is 12.3 Å². The second kappa shape index (κ2) is 9.88. The number of carbonyl (C=O) groups excluding carboxylic acids is 2. The van der Waals surface area contributed by atoms with Crippen LogP contribution in [0.15, 0.2) is 59.8 Å². The Morgan fingerprint density at radius 2 is 1.76 bits per heavy atom. The molecule has 0 radical (unpaired) electrons. The number of anilines is 1. The average Bonchev–Trinajstić information content (AvgIpc) is 3.07. The summed E-state index contributed by atoms with van der Waals surface area (Å²) in [6.07, 6.45) is 0. The smallest absolute Gasteiger partial charge is 0.316 e. The average molecular weight is 410 g/mol. The number of hydrogen-bond acceptors (Lipinski definition) is 6. The Hall–Kier alpha value is -3.13. The summed E-state index contributed by atoms with van der Waals surface area (Å²) in [5.41, 5.74) is 2.88. The molecule has 0 atom stereocenters. The van der Waals surface area contributed by atoms with Crippen LogP contribution < -0.4 is 5.32 Å². The van der Waals surface area contributed by atoms with Crippen LogP contribution in [0, 0.1) is 13.8 Å². The van der Waals surface area contributed by atoms with Gasteiger partial charge in [0.25, 0.3) is 5.91 Å². The third kappa shape index (κ3) is 6.18. The Balaban J connectivity index is 1.47. The molecule has 3 rings (SSSR count). The number of ether oxygens (including phenoxy) is 1. The van der Waals surface area contributed by atoms with Crippen molar-refractivity contribution in [1.29, 1.82) is 0 Å². The molecule has 0 bridgehead atoms. The highest BCUT2D eigenvalue weighted by molar-refractivity contribution is 7.99. The molecule has 0 fully saturated rings. The number of aromatic nitrogens is 3. The van der Waals surface area contributed by atoms with E-state index in [2.05, 4.69) is 15.5 Å². The van der Waals surface area contributed by atoms with Crippen molar-refractivity contribution in [3.63, 3.8) is 0 Å². The van der Waals surface area contributed by atoms with Crippen molar-refractivity contribution in [1.82, 2.24) is 14.8 Å². The fraction of sp³-hybridized carbons (Fsp3) is 0.238. The van der Waals surface area contributed by atoms with E-state index in [4.69, 9.17) is 4.74 Å². The zero-order valence-electron chi connectivity index (χ0n) is 16.3. The SMILES string of the molecule is Cc1ccc(NC(=O)COC(=O)CSc2nnc(C)n2Cc2ccccc2)cc1. The molecule has 1 N–H and O–H groups in total. The number of nitrogens with one attached hydrogen (secondary N) is 1. The largest absolute Gasteiger partial charge is 0.455 e. The normalized spacial score (nSPS) is 10.6. The number of amides is 1. The molecule has 150 valence electrons. The van der Waals surface area contributed by atoms with Crippen LogP contribution in [0.5, 0.6) is 0 Å². The zero-order valence-corrected chi connectivity index (χ0v) is 17.1. The van der Waals surface area contributed by atoms with Gasteiger partial charge in [-0.3, -0.25) is 9.59 Å². The summed E-state index contributed by atoms with van der Waals surface area (Å²) in [5.74, 6) is -0.0523. The number of benzene rings is 2. The quantitative estimate of drug-likeness (QED) is 0.453. The fourth-order valence-electron chi connectivity index (χ4n) is 2.56. The van der Waals surface area contributed by atoms with Crippen molar-refractivity contribution in [3.8, 4) is 0 Å². The molecular weight excluding hydrogens is 388 g/mol. The Labute approximate surface area is 173 Å². The highest BCUT2D eigenvalue weighted by atomic mass is 32.2. The van der Waals surface area contributed by atoms with E-state index in [0.717, 1.165) is 17.0 Å². The Bertz CT molecular complexity index is 971. The molecule has 0 spiro atoms. The molecule has 2 aromatic carbocycles. The highest BCUT2D eigenvalue weighted by Gasteiger charge is 2.14. The predicted octanol–water partition coefficient (Wildman–Crippen LogP) is 3.22. The molecule has 0 aliphatic carbocycles. The van der Waals surface area contributed by atoms with E-state index in [1.165, 1.54) is 11.8 Å². The van der Waals surface area contributed by atoms with Crippen molar-refractivity contribution >= 4 is 29.3 Å². The first kappa shape index (κ1) is 20.6. The molecule has 8 heteroatoms. The van der Waals surface area contributed by atoms with Gasteiger partial charge in [-0.1, -0.05) is 59.8 Å². The monoisotopic (exact) mass is 410 g/mol. The molecule has 1 amide bonds. The van der Waals surface area contributed by atoms with E-state index in [9.17, 15) is 9.59 Å². The summed E-state index contributed by atoms with van der Waals surface area (Å²) in [7, 11) is 0. The van der Waals surface area contributed by atoms with Gasteiger partial charge in [-0.05, 0) is 31.5 Å². The lowest BCUT2D eigenvalue weighted by Gasteiger charge is -2.09. The van der Waals surface area contributed by atoms with E-state index in [0.29, 0.717) is 17.4 Å². The van der Waals surface area contributed by atoms with Crippen LogP contribution in [0.25, 0.3) is 0 Å². The molecule has 29 heavy (non-hydrogen) atoms. The Kier molecular flexibility index (Phi) is 7.02. The van der Waals surface area contributed by atoms with Crippen molar-refractivity contribution in [2.75, 3.05) is 17.7 Å². The van der Waals surface area contributed by atoms with Gasteiger partial charge in [0.2, 0.25) is 0 Å². The maximum Gasteiger partial charge on any atom is 0.316 e. The zero-order chi connectivity index (χ0) is 20.6. The van der Waals surface area contributed by atoms with Gasteiger partial charge < -0.3 is 14.6 Å². The number of esters is 1. The molecule has 3 aromatic rings. The van der Waals surface area contributed by atoms with E-state index >= 15 is 0 Å². The molecule has 0 saturated carbocycles. The number of aryl methyl sites for hydroxylation is 2. The second-order valence-corrected chi connectivity index (χ2v) is 7.41. The van der Waals surface area contributed by atoms with Gasteiger partial charge >= 0.3 is 5.97 Å². The maximum absolute atomic E-state index is 12.0. The third-order valence-electron chi connectivity index (χ3n) is 4.10. The van der Waals surface area contributed by atoms with Crippen LogP contribution in [0.2, 0.25) is 0 Å². The predicted molar refractivity (Wildman–Crippen MR) is 112 cm³/mol. The minimum Gasteiger partial charge on any atom is -0.455 e. The summed E-state index contributed by atoms with van der Waals surface area (Å²) >= 11 is 1.24. The van der Waals surface area contributed by atoms with Gasteiger partial charge in [-0.25, -0.2) is 0 Å². The number of carbonyl (C=O) groups is 2. The number of rotatable bonds is 8. The van der Waals surface area contributed by atoms with Crippen molar-refractivity contribution in [2.45, 2.75) is 25.5 Å². The lowest BCUT2D eigenvalue weighted by atomic mass is 10.2. The number of nitrogens with zero attached hydrogens (tertiary/aromatic N) is 3. The standard InChI is InChI=1S/C21H22N4O3S/c1-15-8-10-18(11-9-15)22-19(26)13-28-20(27)14-29-21-24-23-16(2)25(21)12-17-6-4-3-5-7-17/h3-11H,12-14H2,1-2H3,(H,22,26). The van der Waals surface area contributed by atoms with E-state index in [1.54, 1.807) is 12.1 Å². The van der Waals surface area contributed by atoms with Gasteiger partial charge in [0.15, 0.2) is 11.8 Å². The molecule has 1 aromatic heterocycles. The molecule has 0 saturated heterocycles. The van der Waals surface area contributed by atoms with Crippen LogP contribution in [-0.4, -0.2) is 39.0 Å². The molecule has 7 nitrogen and oxygen atoms in total. The summed E-state index contributed by atoms with van der Waals surface area (Å²) < 4.78 is 7.00. The number of thioether (sulfide) groups is 1. The summed E-state index contributed by atoms with van der Waals surface area (Å²) in [5, 5.41) is 11.5. The fourth-order valence-corrected chi connectivity index (χ4v) is 3.34. The van der Waals surface area contributed by atoms with Crippen LogP contribution in [0.1, 0.15) is 17.0 Å². The molecular formula is C21H22N4O3S. The minimum atomic E-state index is -0.485. The third-order valence-corrected chi connectivity index (χ3v) is 5.04. The Morgan fingerprint density at radius 1 is 1.03 bits per heavy atom. The lowest BCUT2D eigenvalue weighted by Crippen LogP contribution is -2.21. The van der Waals surface area contributed by atoms with Crippen LogP contribution in [0.3, 0.4) is 0 Å². The van der Waals surface area contributed by atoms with E-state index in [1.807, 2.05) is 60.9 Å². The van der Waals surface area contributed by atoms with Gasteiger partial charge in [-0.15, -0.1) is 10.2 Å². The van der Waals surface area contributed by atoms with E-state index < -0.39 is 5.97 Å². The first-order valence-electron chi connectivity index (χ1n) is 9.10. The molecule has 1 heterocycles. The van der Waals surface area contributed by atoms with Crippen molar-refractivity contribution < 1.29 is 14.3 Å². The van der Waals surface area contributed by atoms with Crippen LogP contribution in [0.4, 0.5) is 5.69 Å². The van der Waals surface area contributed by atoms with Gasteiger partial charge in [-0.2, -0.15) is 0 Å².